The van der Waals surface area contributed by atoms with Crippen LogP contribution in [0.25, 0.3) is 0 Å². The molecular weight excluding hydrogens is 682 g/mol. The summed E-state index contributed by atoms with van der Waals surface area (Å²) in [5, 5.41) is 0. The Bertz CT molecular complexity index is 95.4. The van der Waals surface area contributed by atoms with Gasteiger partial charge in [-0.1, -0.05) is 0 Å². The summed E-state index contributed by atoms with van der Waals surface area (Å²) in [5.41, 5.74) is 29.5. The first-order valence-corrected chi connectivity index (χ1v) is 10.6. The minimum Gasteiger partial charge on any atom is -0.791 e. The predicted molar refractivity (Wildman–Crippen MR) is 128 cm³/mol. The third-order valence-electron chi connectivity index (χ3n) is 0.707. The molecule has 0 aromatic carbocycles. The van der Waals surface area contributed by atoms with Crippen LogP contribution in [-0.4, -0.2) is 73.8 Å². The van der Waals surface area contributed by atoms with E-state index in [4.69, 9.17) is 34.4 Å². The van der Waals surface area contributed by atoms with Crippen LogP contribution in [-0.2, 0) is 132 Å². The summed E-state index contributed by atoms with van der Waals surface area (Å²) in [4.78, 5) is 0. The molecule has 0 saturated carbocycles. The van der Waals surface area contributed by atoms with E-state index < -0.39 is 0 Å². The molecule has 0 spiro atoms. The van der Waals surface area contributed by atoms with Crippen LogP contribution in [0.3, 0.4) is 0 Å². The topological polar surface area (TPSA) is 156 Å². The maximum absolute atomic E-state index is 4.92. The summed E-state index contributed by atoms with van der Waals surface area (Å²) < 4.78 is 0. The predicted octanol–water partition coefficient (Wildman–Crippen LogP) is -3.06. The molecule has 0 aromatic rings. The molecule has 0 unspecified atom stereocenters. The third-order valence-corrected chi connectivity index (χ3v) is 2.12. The third kappa shape index (κ3) is 244. The van der Waals surface area contributed by atoms with Gasteiger partial charge in [-0.3, -0.25) is 0 Å². The zero-order valence-corrected chi connectivity index (χ0v) is 24.7. The fourth-order valence-electron chi connectivity index (χ4n) is 0. The molecule has 0 aliphatic carbocycles. The molecule has 0 aliphatic heterocycles. The van der Waals surface area contributed by atoms with Crippen molar-refractivity contribution in [3.05, 3.63) is 0 Å². The monoisotopic (exact) mass is 718 g/mol. The molecule has 12 N–H and O–H groups in total. The average Bonchev–Trinajstić information content (AvgIpc) is 2.68. The van der Waals surface area contributed by atoms with E-state index in [9.17, 15) is 0 Å². The van der Waals surface area contributed by atoms with Crippen LogP contribution < -0.4 is 34.4 Å². The Morgan fingerprint density at radius 2 is 0.370 bits per heavy atom. The Morgan fingerprint density at radius 3 is 0.370 bits per heavy atom. The molecule has 0 bridgehead atoms. The number of hydrogen-bond donors (Lipinski definition) is 6. The zero-order valence-electron chi connectivity index (χ0n) is 15.4. The van der Waals surface area contributed by atoms with Crippen molar-refractivity contribution in [3.8, 4) is 0 Å². The molecule has 0 fully saturated rings. The summed E-state index contributed by atoms with van der Waals surface area (Å²) in [5.74, 6) is 4.08. The normalized spacial score (nSPS) is 6.67. The van der Waals surface area contributed by atoms with Crippen LogP contribution in [0.4, 0.5) is 0 Å². The van der Waals surface area contributed by atoms with Crippen LogP contribution in [0.2, 0.25) is 0 Å². The molecular formula is C12H36FeN6Rh2S6+3. The van der Waals surface area contributed by atoms with Crippen molar-refractivity contribution in [2.24, 2.45) is 34.4 Å². The molecule has 0 rings (SSSR count). The maximum atomic E-state index is 4.92. The van der Waals surface area contributed by atoms with E-state index in [0.29, 0.717) is 73.8 Å². The quantitative estimate of drug-likeness (QED) is 0.122. The van der Waals surface area contributed by atoms with E-state index in [2.05, 4.69) is 75.8 Å². The molecule has 6 nitrogen and oxygen atoms in total. The van der Waals surface area contributed by atoms with E-state index in [0.717, 1.165) is 0 Å². The fourth-order valence-corrected chi connectivity index (χ4v) is 0. The van der Waals surface area contributed by atoms with Crippen LogP contribution in [0.15, 0.2) is 0 Å². The molecule has 0 aromatic heterocycles. The second-order valence-corrected chi connectivity index (χ2v) is 5.41. The van der Waals surface area contributed by atoms with Crippen LogP contribution in [0.1, 0.15) is 0 Å². The van der Waals surface area contributed by atoms with Gasteiger partial charge in [-0.25, -0.2) is 0 Å². The van der Waals surface area contributed by atoms with Crippen LogP contribution >= 0.6 is 0 Å². The van der Waals surface area contributed by atoms with Gasteiger partial charge in [0.15, 0.2) is 0 Å². The zero-order chi connectivity index (χ0) is 20.5. The number of nitrogens with two attached hydrogens (primary N) is 6. The summed E-state index contributed by atoms with van der Waals surface area (Å²) >= 11 is 26.6. The van der Waals surface area contributed by atoms with Gasteiger partial charge < -0.3 is 110 Å². The Kier molecular flexibility index (Phi) is 212. The van der Waals surface area contributed by atoms with Gasteiger partial charge in [0.05, 0.1) is 0 Å². The molecule has 0 atom stereocenters. The van der Waals surface area contributed by atoms with Crippen molar-refractivity contribution in [3.63, 3.8) is 0 Å². The van der Waals surface area contributed by atoms with E-state index in [1.165, 1.54) is 0 Å². The van der Waals surface area contributed by atoms with Gasteiger partial charge in [-0.15, -0.1) is 0 Å². The van der Waals surface area contributed by atoms with E-state index in [-0.39, 0.29) is 56.0 Å². The van der Waals surface area contributed by atoms with Gasteiger partial charge in [0.25, 0.3) is 0 Å². The summed E-state index contributed by atoms with van der Waals surface area (Å²) in [6, 6.07) is 0. The van der Waals surface area contributed by atoms with Gasteiger partial charge in [0.1, 0.15) is 0 Å². The average molecular weight is 719 g/mol. The van der Waals surface area contributed by atoms with Gasteiger partial charge >= 0.3 is 56.0 Å². The van der Waals surface area contributed by atoms with Crippen molar-refractivity contribution in [2.45, 2.75) is 0 Å². The molecule has 0 saturated heterocycles. The molecule has 0 aliphatic rings. The molecule has 1 radical (unpaired) electrons. The Morgan fingerprint density at radius 1 is 0.333 bits per heavy atom. The minimum absolute atomic E-state index is 0. The van der Waals surface area contributed by atoms with Gasteiger partial charge in [0, 0.05) is 0 Å². The Balaban J connectivity index is -0.0000000201. The van der Waals surface area contributed by atoms with Gasteiger partial charge in [-0.2, -0.15) is 34.5 Å². The second kappa shape index (κ2) is 99.4. The molecule has 0 amide bonds. The van der Waals surface area contributed by atoms with Crippen molar-refractivity contribution >= 4 is 75.8 Å². The fraction of sp³-hybridized carbons (Fsp3) is 1.00. The summed E-state index contributed by atoms with van der Waals surface area (Å²) in [6.07, 6.45) is 0. The van der Waals surface area contributed by atoms with E-state index >= 15 is 0 Å². The van der Waals surface area contributed by atoms with Crippen molar-refractivity contribution in [1.29, 1.82) is 0 Å². The summed E-state index contributed by atoms with van der Waals surface area (Å²) in [6.45, 7) is 3.81. The van der Waals surface area contributed by atoms with Crippen molar-refractivity contribution < 1.29 is 56.0 Å². The Hall–Kier alpha value is 3.63. The molecule has 15 heteroatoms. The van der Waals surface area contributed by atoms with Gasteiger partial charge in [0.2, 0.25) is 0 Å². The van der Waals surface area contributed by atoms with Crippen LogP contribution in [0.5, 0.6) is 0 Å². The molecule has 173 valence electrons. The van der Waals surface area contributed by atoms with E-state index in [1.54, 1.807) is 0 Å². The smallest absolute Gasteiger partial charge is 0.791 e. The summed E-state index contributed by atoms with van der Waals surface area (Å²) in [7, 11) is 0. The SMILES string of the molecule is NCC[S-].NCC[S-].NCC[S-].NCC[S-].NCC[S-].NCC[S-].[Fe+3].[Rh+3].[Rh+3]. The van der Waals surface area contributed by atoms with Crippen LogP contribution in [0, 0.1) is 0 Å². The first kappa shape index (κ1) is 57.5. The minimum atomic E-state index is 0. The Labute approximate surface area is 237 Å². The number of hydrogen-bond acceptors (Lipinski definition) is 12. The molecule has 27 heavy (non-hydrogen) atoms. The van der Waals surface area contributed by atoms with Crippen molar-refractivity contribution in [2.75, 3.05) is 73.8 Å². The standard InChI is InChI=1S/6C2H7NS.Fe.2Rh/c6*3-1-2-4;;;/h6*4H,1-3H2;;;/q;;;;;;3*+3/p-6. The first-order valence-electron chi connectivity index (χ1n) is 7.18. The number of rotatable bonds is 6. The largest absolute Gasteiger partial charge is 3.00 e. The molecule has 0 heterocycles. The second-order valence-electron chi connectivity index (χ2n) is 2.96. The maximum Gasteiger partial charge on any atom is 3.00 e. The van der Waals surface area contributed by atoms with Crippen molar-refractivity contribution in [1.82, 2.24) is 0 Å². The first-order chi connectivity index (χ1) is 11.5. The van der Waals surface area contributed by atoms with E-state index in [1.807, 2.05) is 0 Å². The van der Waals surface area contributed by atoms with Gasteiger partial charge in [-0.05, 0) is 39.3 Å².